The summed E-state index contributed by atoms with van der Waals surface area (Å²) in [5.41, 5.74) is -0.414. The summed E-state index contributed by atoms with van der Waals surface area (Å²) in [4.78, 5) is 17.5. The molecule has 92 valence electrons. The van der Waals surface area contributed by atoms with Gasteiger partial charge in [-0.05, 0) is 25.5 Å². The summed E-state index contributed by atoms with van der Waals surface area (Å²) in [5.74, 6) is 0.130. The summed E-state index contributed by atoms with van der Waals surface area (Å²) in [5, 5.41) is 2.67. The summed E-state index contributed by atoms with van der Waals surface area (Å²) in [6.07, 6.45) is 0.755. The summed E-state index contributed by atoms with van der Waals surface area (Å²) in [7, 11) is 1.64. The summed E-state index contributed by atoms with van der Waals surface area (Å²) in [6.45, 7) is 3.22. The number of rotatable bonds is 2. The zero-order chi connectivity index (χ0) is 12.5. The molecule has 2 heterocycles. The van der Waals surface area contributed by atoms with Crippen LogP contribution >= 0.6 is 0 Å². The number of nitrogens with one attached hydrogen (secondary N) is 1. The number of anilines is 1. The molecule has 0 aliphatic carbocycles. The first-order valence-electron chi connectivity index (χ1n) is 5.65. The highest BCUT2D eigenvalue weighted by atomic mass is 19.1. The third-order valence-electron chi connectivity index (χ3n) is 3.27. The van der Waals surface area contributed by atoms with Crippen molar-refractivity contribution >= 4 is 11.7 Å². The van der Waals surface area contributed by atoms with Gasteiger partial charge >= 0.3 is 0 Å². The van der Waals surface area contributed by atoms with Crippen molar-refractivity contribution in [1.82, 2.24) is 10.3 Å². The molecule has 2 rings (SSSR count). The van der Waals surface area contributed by atoms with Crippen molar-refractivity contribution < 1.29 is 9.18 Å². The molecule has 1 saturated heterocycles. The van der Waals surface area contributed by atoms with Gasteiger partial charge in [0.2, 0.25) is 11.9 Å². The Balaban J connectivity index is 2.15. The van der Waals surface area contributed by atoms with Crippen LogP contribution in [0.1, 0.15) is 13.3 Å². The van der Waals surface area contributed by atoms with Gasteiger partial charge in [0.05, 0.1) is 5.41 Å². The normalized spacial score (nSPS) is 23.8. The van der Waals surface area contributed by atoms with Crippen LogP contribution in [-0.4, -0.2) is 31.0 Å². The highest BCUT2D eigenvalue weighted by Gasteiger charge is 2.40. The molecule has 4 nitrogen and oxygen atoms in total. The fourth-order valence-corrected chi connectivity index (χ4v) is 2.22. The Morgan fingerprint density at radius 1 is 1.59 bits per heavy atom. The first-order chi connectivity index (χ1) is 8.05. The molecule has 1 unspecified atom stereocenters. The molecule has 1 fully saturated rings. The Morgan fingerprint density at radius 2 is 2.35 bits per heavy atom. The van der Waals surface area contributed by atoms with Gasteiger partial charge in [-0.3, -0.25) is 4.79 Å². The number of nitrogens with zero attached hydrogens (tertiary/aromatic N) is 2. The van der Waals surface area contributed by atoms with Crippen LogP contribution in [0.5, 0.6) is 0 Å². The first kappa shape index (κ1) is 11.8. The average Bonchev–Trinajstić information content (AvgIpc) is 2.72. The highest BCUT2D eigenvalue weighted by Crippen LogP contribution is 2.32. The van der Waals surface area contributed by atoms with Gasteiger partial charge in [0.15, 0.2) is 0 Å². The summed E-state index contributed by atoms with van der Waals surface area (Å²) < 4.78 is 13.0. The van der Waals surface area contributed by atoms with E-state index >= 15 is 0 Å². The van der Waals surface area contributed by atoms with Gasteiger partial charge in [-0.2, -0.15) is 4.39 Å². The molecular formula is C12H16FN3O. The quantitative estimate of drug-likeness (QED) is 0.786. The number of aromatic nitrogens is 1. The van der Waals surface area contributed by atoms with Crippen LogP contribution in [0.2, 0.25) is 0 Å². The van der Waals surface area contributed by atoms with Gasteiger partial charge in [-0.15, -0.1) is 0 Å². The van der Waals surface area contributed by atoms with Crippen LogP contribution in [0.15, 0.2) is 18.2 Å². The monoisotopic (exact) mass is 237 g/mol. The third kappa shape index (κ3) is 2.23. The lowest BCUT2D eigenvalue weighted by Crippen LogP contribution is -2.39. The van der Waals surface area contributed by atoms with E-state index in [0.717, 1.165) is 13.0 Å². The Morgan fingerprint density at radius 3 is 3.00 bits per heavy atom. The SMILES string of the molecule is CNC(=O)C1(C)CCN(c2cccc(F)n2)C1. The predicted octanol–water partition coefficient (Wildman–Crippen LogP) is 1.18. The van der Waals surface area contributed by atoms with Gasteiger partial charge in [0.25, 0.3) is 0 Å². The van der Waals surface area contributed by atoms with E-state index in [1.807, 2.05) is 11.8 Å². The molecule has 1 atom stereocenters. The highest BCUT2D eigenvalue weighted by molar-refractivity contribution is 5.83. The van der Waals surface area contributed by atoms with Crippen molar-refractivity contribution in [3.63, 3.8) is 0 Å². The number of carbonyl (C=O) groups is 1. The molecule has 1 amide bonds. The van der Waals surface area contributed by atoms with Crippen LogP contribution in [-0.2, 0) is 4.79 Å². The minimum atomic E-state index is -0.490. The lowest BCUT2D eigenvalue weighted by molar-refractivity contribution is -0.128. The lowest BCUT2D eigenvalue weighted by Gasteiger charge is -2.23. The number of carbonyl (C=O) groups excluding carboxylic acids is 1. The smallest absolute Gasteiger partial charge is 0.227 e. The van der Waals surface area contributed by atoms with Crippen LogP contribution in [0.3, 0.4) is 0 Å². The van der Waals surface area contributed by atoms with Crippen molar-refractivity contribution in [1.29, 1.82) is 0 Å². The van der Waals surface area contributed by atoms with Crippen molar-refractivity contribution in [2.45, 2.75) is 13.3 Å². The summed E-state index contributed by atoms with van der Waals surface area (Å²) >= 11 is 0. The summed E-state index contributed by atoms with van der Waals surface area (Å²) in [6, 6.07) is 4.71. The van der Waals surface area contributed by atoms with Crippen LogP contribution in [0.25, 0.3) is 0 Å². The number of pyridine rings is 1. The molecule has 5 heteroatoms. The number of hydrogen-bond donors (Lipinski definition) is 1. The van der Waals surface area contributed by atoms with Crippen molar-refractivity contribution in [3.05, 3.63) is 24.1 Å². The lowest BCUT2D eigenvalue weighted by atomic mass is 9.89. The average molecular weight is 237 g/mol. The van der Waals surface area contributed by atoms with E-state index in [-0.39, 0.29) is 5.91 Å². The second-order valence-corrected chi connectivity index (χ2v) is 4.63. The second kappa shape index (κ2) is 4.31. The Kier molecular flexibility index (Phi) is 3.00. The zero-order valence-electron chi connectivity index (χ0n) is 10.0. The van der Waals surface area contributed by atoms with E-state index in [2.05, 4.69) is 10.3 Å². The molecular weight excluding hydrogens is 221 g/mol. The molecule has 0 bridgehead atoms. The largest absolute Gasteiger partial charge is 0.359 e. The zero-order valence-corrected chi connectivity index (χ0v) is 10.0. The maximum Gasteiger partial charge on any atom is 0.227 e. The van der Waals surface area contributed by atoms with Gasteiger partial charge in [0.1, 0.15) is 5.82 Å². The first-order valence-corrected chi connectivity index (χ1v) is 5.65. The van der Waals surface area contributed by atoms with E-state index in [0.29, 0.717) is 12.4 Å². The Bertz CT molecular complexity index is 438. The van der Waals surface area contributed by atoms with E-state index in [4.69, 9.17) is 0 Å². The number of amides is 1. The fourth-order valence-electron chi connectivity index (χ4n) is 2.22. The topological polar surface area (TPSA) is 45.2 Å². The minimum Gasteiger partial charge on any atom is -0.359 e. The number of hydrogen-bond acceptors (Lipinski definition) is 3. The van der Waals surface area contributed by atoms with Gasteiger partial charge in [-0.25, -0.2) is 4.98 Å². The molecule has 0 aromatic carbocycles. The van der Waals surface area contributed by atoms with E-state index < -0.39 is 11.4 Å². The molecule has 1 aromatic heterocycles. The molecule has 0 spiro atoms. The Labute approximate surface area is 99.8 Å². The van der Waals surface area contributed by atoms with E-state index in [9.17, 15) is 9.18 Å². The molecule has 17 heavy (non-hydrogen) atoms. The molecule has 1 aliphatic heterocycles. The van der Waals surface area contributed by atoms with Crippen molar-refractivity contribution in [2.24, 2.45) is 5.41 Å². The minimum absolute atomic E-state index is 0.0244. The standard InChI is InChI=1S/C12H16FN3O/c1-12(11(17)14-2)6-7-16(8-12)10-5-3-4-9(13)15-10/h3-5H,6-8H2,1-2H3,(H,14,17). The Hall–Kier alpha value is -1.65. The van der Waals surface area contributed by atoms with E-state index in [1.54, 1.807) is 19.2 Å². The van der Waals surface area contributed by atoms with Crippen LogP contribution in [0.4, 0.5) is 10.2 Å². The molecule has 1 N–H and O–H groups in total. The molecule has 1 aliphatic rings. The van der Waals surface area contributed by atoms with Gasteiger partial charge < -0.3 is 10.2 Å². The third-order valence-corrected chi connectivity index (χ3v) is 3.27. The van der Waals surface area contributed by atoms with Crippen LogP contribution in [0, 0.1) is 11.4 Å². The maximum absolute atomic E-state index is 13.0. The van der Waals surface area contributed by atoms with Gasteiger partial charge in [-0.1, -0.05) is 6.07 Å². The molecule has 1 aromatic rings. The van der Waals surface area contributed by atoms with Gasteiger partial charge in [0, 0.05) is 20.1 Å². The second-order valence-electron chi connectivity index (χ2n) is 4.63. The fraction of sp³-hybridized carbons (Fsp3) is 0.500. The maximum atomic E-state index is 13.0. The molecule has 0 radical (unpaired) electrons. The predicted molar refractivity (Wildman–Crippen MR) is 63.2 cm³/mol. The van der Waals surface area contributed by atoms with Crippen molar-refractivity contribution in [2.75, 3.05) is 25.0 Å². The number of halogens is 1. The molecule has 0 saturated carbocycles. The van der Waals surface area contributed by atoms with E-state index in [1.165, 1.54) is 6.07 Å². The van der Waals surface area contributed by atoms with Crippen LogP contribution < -0.4 is 10.2 Å². The van der Waals surface area contributed by atoms with Crippen molar-refractivity contribution in [3.8, 4) is 0 Å².